The fourth-order valence-electron chi connectivity index (χ4n) is 1.45. The predicted octanol–water partition coefficient (Wildman–Crippen LogP) is 2.00. The molecule has 0 fully saturated rings. The Morgan fingerprint density at radius 3 is 2.45 bits per heavy atom. The van der Waals surface area contributed by atoms with Gasteiger partial charge in [-0.15, -0.1) is 0 Å². The van der Waals surface area contributed by atoms with Crippen LogP contribution in [0.1, 0.15) is 40.2 Å². The summed E-state index contributed by atoms with van der Waals surface area (Å²) in [6.07, 6.45) is -2.16. The average molecular weight is 281 g/mol. The number of carbonyl (C=O) groups is 2. The lowest BCUT2D eigenvalue weighted by Gasteiger charge is -2.19. The summed E-state index contributed by atoms with van der Waals surface area (Å²) < 4.78 is 17.6. The minimum absolute atomic E-state index is 0.285. The molecular weight excluding hydrogens is 260 g/mol. The van der Waals surface area contributed by atoms with E-state index in [2.05, 4.69) is 0 Å². The first-order valence-corrected chi connectivity index (χ1v) is 6.25. The predicted molar refractivity (Wildman–Crippen MR) is 72.8 cm³/mol. The molecule has 0 heterocycles. The van der Waals surface area contributed by atoms with Gasteiger partial charge in [0.25, 0.3) is 0 Å². The zero-order valence-electron chi connectivity index (χ0n) is 12.8. The van der Waals surface area contributed by atoms with Gasteiger partial charge < -0.3 is 14.6 Å². The van der Waals surface area contributed by atoms with Crippen molar-refractivity contribution in [2.24, 2.45) is 0 Å². The van der Waals surface area contributed by atoms with Crippen molar-refractivity contribution < 1.29 is 25.5 Å². The molecule has 20 heavy (non-hydrogen) atoms. The van der Waals surface area contributed by atoms with Crippen molar-refractivity contribution in [3.63, 3.8) is 0 Å². The van der Waals surface area contributed by atoms with E-state index in [-0.39, 0.29) is 6.61 Å². The van der Waals surface area contributed by atoms with Gasteiger partial charge in [-0.3, -0.25) is 4.79 Å². The molecule has 0 aliphatic carbocycles. The van der Waals surface area contributed by atoms with Gasteiger partial charge in [-0.05, 0) is 13.8 Å². The normalized spacial score (nSPS) is 14.9. The zero-order chi connectivity index (χ0) is 16.0. The molecule has 0 amide bonds. The Bertz CT molecular complexity index is 481. The van der Waals surface area contributed by atoms with Crippen LogP contribution in [0.4, 0.5) is 0 Å². The molecule has 0 spiro atoms. The van der Waals surface area contributed by atoms with E-state index in [0.717, 1.165) is 0 Å². The molecule has 0 radical (unpaired) electrons. The Hall–Kier alpha value is -1.88. The topological polar surface area (TPSA) is 72.8 Å². The first-order chi connectivity index (χ1) is 9.71. The summed E-state index contributed by atoms with van der Waals surface area (Å²) in [4.78, 5) is 23.2. The number of aliphatic hydroxyl groups is 1. The minimum Gasteiger partial charge on any atom is -0.463 e. The molecular formula is C15H20O5. The number of benzene rings is 1. The molecule has 0 saturated heterocycles. The van der Waals surface area contributed by atoms with Gasteiger partial charge in [-0.2, -0.15) is 0 Å². The van der Waals surface area contributed by atoms with Crippen LogP contribution in [0.25, 0.3) is 0 Å². The van der Waals surface area contributed by atoms with Crippen LogP contribution < -0.4 is 0 Å². The van der Waals surface area contributed by atoms with Crippen LogP contribution in [-0.4, -0.2) is 29.3 Å². The lowest BCUT2D eigenvalue weighted by molar-refractivity contribution is -0.168. The molecule has 5 nitrogen and oxygen atoms in total. The number of hydrogen-bond acceptors (Lipinski definition) is 5. The maximum atomic E-state index is 12.0. The van der Waals surface area contributed by atoms with Crippen molar-refractivity contribution in [1.29, 1.82) is 0 Å². The molecule has 2 atom stereocenters. The molecule has 1 rings (SSSR count). The number of ether oxygens (including phenoxy) is 2. The highest BCUT2D eigenvalue weighted by molar-refractivity contribution is 5.80. The molecule has 0 bridgehead atoms. The lowest BCUT2D eigenvalue weighted by atomic mass is 10.1. The van der Waals surface area contributed by atoms with Gasteiger partial charge in [0.15, 0.2) is 0 Å². The second-order valence-electron chi connectivity index (χ2n) is 4.89. The highest BCUT2D eigenvalue weighted by atomic mass is 16.6. The van der Waals surface area contributed by atoms with Crippen molar-refractivity contribution in [3.05, 3.63) is 35.9 Å². The van der Waals surface area contributed by atoms with E-state index in [9.17, 15) is 14.7 Å². The fourth-order valence-corrected chi connectivity index (χ4v) is 1.45. The number of hydrogen-bond donors (Lipinski definition) is 1. The van der Waals surface area contributed by atoms with Gasteiger partial charge in [0.2, 0.25) is 6.10 Å². The molecule has 1 aromatic rings. The van der Waals surface area contributed by atoms with Crippen LogP contribution in [-0.2, 0) is 19.1 Å². The Kier molecular flexibility index (Phi) is 5.12. The van der Waals surface area contributed by atoms with E-state index in [1.807, 2.05) is 0 Å². The van der Waals surface area contributed by atoms with Crippen molar-refractivity contribution in [3.8, 4) is 0 Å². The number of rotatable bonds is 6. The Balaban J connectivity index is 2.76. The number of esters is 2. The van der Waals surface area contributed by atoms with Crippen LogP contribution in [0, 0.1) is 0 Å². The average Bonchev–Trinajstić information content (AvgIpc) is 2.41. The van der Waals surface area contributed by atoms with Crippen molar-refractivity contribution >= 4 is 11.9 Å². The highest BCUT2D eigenvalue weighted by Gasteiger charge is 2.25. The molecule has 5 heteroatoms. The Morgan fingerprint density at radius 1 is 1.35 bits per heavy atom. The summed E-state index contributed by atoms with van der Waals surface area (Å²) in [5.41, 5.74) is -0.799. The van der Waals surface area contributed by atoms with Crippen molar-refractivity contribution in [2.75, 3.05) is 6.61 Å². The van der Waals surface area contributed by atoms with Crippen molar-refractivity contribution in [2.45, 2.75) is 38.9 Å². The van der Waals surface area contributed by atoms with Crippen LogP contribution in [0.15, 0.2) is 30.3 Å². The third-order valence-corrected chi connectivity index (χ3v) is 2.41. The Morgan fingerprint density at radius 2 is 1.95 bits per heavy atom. The summed E-state index contributed by atoms with van der Waals surface area (Å²) >= 11 is 0. The molecule has 0 aliphatic rings. The maximum absolute atomic E-state index is 12.0. The molecule has 1 N–H and O–H groups in total. The summed E-state index contributed by atoms with van der Waals surface area (Å²) in [7, 11) is 0. The van der Waals surface area contributed by atoms with E-state index in [1.165, 1.54) is 20.8 Å². The zero-order valence-corrected chi connectivity index (χ0v) is 11.8. The SMILES string of the molecule is [2H][C@@H](COC(=O)[C@H](OC(C)=O)c1ccccc1)C(C)(C)O. The van der Waals surface area contributed by atoms with E-state index >= 15 is 0 Å². The van der Waals surface area contributed by atoms with Gasteiger partial charge in [0.1, 0.15) is 0 Å². The standard InChI is InChI=1S/C15H20O5/c1-11(16)20-13(12-7-5-4-6-8-12)14(17)19-10-9-15(2,3)18/h4-8,13,18H,9-10H2,1-3H3/t13-/m1/s1/i9D/t9-,13+/m0. The molecule has 0 unspecified atom stereocenters. The van der Waals surface area contributed by atoms with E-state index in [4.69, 9.17) is 10.8 Å². The summed E-state index contributed by atoms with van der Waals surface area (Å²) in [6, 6.07) is 8.48. The van der Waals surface area contributed by atoms with Gasteiger partial charge in [-0.1, -0.05) is 30.3 Å². The fraction of sp³-hybridized carbons (Fsp3) is 0.467. The minimum atomic E-state index is -1.29. The summed E-state index contributed by atoms with van der Waals surface area (Å²) in [5, 5.41) is 9.64. The maximum Gasteiger partial charge on any atom is 0.352 e. The third-order valence-electron chi connectivity index (χ3n) is 2.41. The third kappa shape index (κ3) is 5.84. The van der Waals surface area contributed by atoms with Crippen molar-refractivity contribution in [1.82, 2.24) is 0 Å². The van der Waals surface area contributed by atoms with E-state index < -0.39 is 30.0 Å². The molecule has 110 valence electrons. The van der Waals surface area contributed by atoms with Gasteiger partial charge in [-0.25, -0.2) is 4.79 Å². The monoisotopic (exact) mass is 281 g/mol. The van der Waals surface area contributed by atoms with Crippen LogP contribution >= 0.6 is 0 Å². The smallest absolute Gasteiger partial charge is 0.352 e. The first kappa shape index (κ1) is 14.5. The highest BCUT2D eigenvalue weighted by Crippen LogP contribution is 2.19. The van der Waals surface area contributed by atoms with E-state index in [0.29, 0.717) is 5.56 Å². The Labute approximate surface area is 119 Å². The second kappa shape index (κ2) is 7.05. The number of carbonyl (C=O) groups excluding carboxylic acids is 2. The van der Waals surface area contributed by atoms with Crippen LogP contribution in [0.3, 0.4) is 0 Å². The molecule has 0 aromatic heterocycles. The molecule has 0 aliphatic heterocycles. The van der Waals surface area contributed by atoms with Crippen LogP contribution in [0.5, 0.6) is 0 Å². The van der Waals surface area contributed by atoms with Gasteiger partial charge in [0, 0.05) is 20.3 Å². The quantitative estimate of drug-likeness (QED) is 0.807. The van der Waals surface area contributed by atoms with Gasteiger partial charge in [0.05, 0.1) is 12.2 Å². The van der Waals surface area contributed by atoms with Gasteiger partial charge >= 0.3 is 11.9 Å². The lowest BCUT2D eigenvalue weighted by Crippen LogP contribution is -2.25. The molecule has 1 aromatic carbocycles. The molecule has 0 saturated carbocycles. The summed E-state index contributed by atoms with van der Waals surface area (Å²) in [5.74, 6) is -1.37. The first-order valence-electron chi connectivity index (χ1n) is 6.83. The van der Waals surface area contributed by atoms with E-state index in [1.54, 1.807) is 30.3 Å². The summed E-state index contributed by atoms with van der Waals surface area (Å²) in [6.45, 7) is 3.83. The van der Waals surface area contributed by atoms with Crippen LogP contribution in [0.2, 0.25) is 0 Å². The largest absolute Gasteiger partial charge is 0.463 e. The second-order valence-corrected chi connectivity index (χ2v) is 4.89.